The number of carbonyl (C=O) groups excluding carboxylic acids is 2. The van der Waals surface area contributed by atoms with Crippen molar-refractivity contribution in [2.45, 2.75) is 46.5 Å². The minimum absolute atomic E-state index is 0.0801. The molecule has 2 aliphatic heterocycles. The van der Waals surface area contributed by atoms with Crippen LogP contribution in [0.4, 0.5) is 0 Å². The lowest BCUT2D eigenvalue weighted by atomic mass is 9.78. The normalized spacial score (nSPS) is 23.6. The lowest BCUT2D eigenvalue weighted by Crippen LogP contribution is -2.50. The van der Waals surface area contributed by atoms with E-state index in [1.165, 1.54) is 6.07 Å². The van der Waals surface area contributed by atoms with Crippen molar-refractivity contribution in [1.82, 2.24) is 14.8 Å². The predicted octanol–water partition coefficient (Wildman–Crippen LogP) is 1.86. The van der Waals surface area contributed by atoms with Crippen molar-refractivity contribution in [2.24, 2.45) is 5.41 Å². The Morgan fingerprint density at radius 3 is 2.68 bits per heavy atom. The van der Waals surface area contributed by atoms with Crippen LogP contribution in [0.5, 0.6) is 0 Å². The van der Waals surface area contributed by atoms with E-state index >= 15 is 0 Å². The topological polar surface area (TPSA) is 73.5 Å². The average Bonchev–Trinajstić information content (AvgIpc) is 2.96. The van der Waals surface area contributed by atoms with Gasteiger partial charge in [-0.25, -0.2) is 0 Å². The number of likely N-dealkylation sites (tertiary alicyclic amines) is 2. The first-order valence-corrected chi connectivity index (χ1v) is 9.17. The van der Waals surface area contributed by atoms with Gasteiger partial charge in [0, 0.05) is 37.9 Å². The lowest BCUT2D eigenvalue weighted by Gasteiger charge is -2.39. The van der Waals surface area contributed by atoms with Gasteiger partial charge < -0.3 is 14.8 Å². The molecule has 0 aromatic carbocycles. The van der Waals surface area contributed by atoms with Crippen LogP contribution in [0.15, 0.2) is 10.9 Å². The minimum Gasteiger partial charge on any atom is -0.342 e. The summed E-state index contributed by atoms with van der Waals surface area (Å²) in [5, 5.41) is 0. The van der Waals surface area contributed by atoms with E-state index in [0.29, 0.717) is 29.9 Å². The number of H-pyrrole nitrogens is 1. The SMILES string of the molecule is CCCN1CCCC2(CCN(C(=O)c3c(C)cc(=O)[nH]c3C)C2)C1=O. The molecule has 0 aliphatic carbocycles. The summed E-state index contributed by atoms with van der Waals surface area (Å²) >= 11 is 0. The number of carbonyl (C=O) groups is 2. The van der Waals surface area contributed by atoms with Gasteiger partial charge in [-0.15, -0.1) is 0 Å². The van der Waals surface area contributed by atoms with Gasteiger partial charge in [0.1, 0.15) is 0 Å². The fraction of sp³-hybridized carbons (Fsp3) is 0.632. The second kappa shape index (κ2) is 6.65. The Kier molecular flexibility index (Phi) is 4.71. The highest BCUT2D eigenvalue weighted by Crippen LogP contribution is 2.40. The van der Waals surface area contributed by atoms with Gasteiger partial charge in [0.05, 0.1) is 11.0 Å². The standard InChI is InChI=1S/C19H27N3O3/c1-4-8-21-9-5-6-19(18(21)25)7-10-22(12-19)17(24)16-13(2)11-15(23)20-14(16)3/h11H,4-10,12H2,1-3H3,(H,20,23). The van der Waals surface area contributed by atoms with Crippen LogP contribution >= 0.6 is 0 Å². The Bertz CT molecular complexity index is 727. The molecule has 1 aromatic heterocycles. The molecule has 2 amide bonds. The number of aromatic amines is 1. The zero-order valence-electron chi connectivity index (χ0n) is 15.4. The van der Waals surface area contributed by atoms with Gasteiger partial charge in [-0.3, -0.25) is 14.4 Å². The molecule has 1 atom stereocenters. The van der Waals surface area contributed by atoms with Crippen LogP contribution in [-0.2, 0) is 4.79 Å². The Morgan fingerprint density at radius 1 is 1.24 bits per heavy atom. The molecule has 1 N–H and O–H groups in total. The Balaban J connectivity index is 1.82. The van der Waals surface area contributed by atoms with E-state index in [4.69, 9.17) is 0 Å². The van der Waals surface area contributed by atoms with E-state index in [9.17, 15) is 14.4 Å². The number of nitrogens with one attached hydrogen (secondary N) is 1. The van der Waals surface area contributed by atoms with Crippen molar-refractivity contribution >= 4 is 11.8 Å². The number of aryl methyl sites for hydroxylation is 2. The third-order valence-electron chi connectivity index (χ3n) is 5.60. The molecule has 136 valence electrons. The van der Waals surface area contributed by atoms with Crippen LogP contribution in [0.3, 0.4) is 0 Å². The zero-order valence-corrected chi connectivity index (χ0v) is 15.4. The maximum Gasteiger partial charge on any atom is 0.255 e. The number of hydrogen-bond acceptors (Lipinski definition) is 3. The second-order valence-electron chi connectivity index (χ2n) is 7.47. The highest BCUT2D eigenvalue weighted by Gasteiger charge is 2.49. The lowest BCUT2D eigenvalue weighted by molar-refractivity contribution is -0.145. The van der Waals surface area contributed by atoms with E-state index in [0.717, 1.165) is 38.8 Å². The van der Waals surface area contributed by atoms with Crippen LogP contribution in [-0.4, -0.2) is 52.8 Å². The Hall–Kier alpha value is -2.11. The van der Waals surface area contributed by atoms with Crippen molar-refractivity contribution < 1.29 is 9.59 Å². The predicted molar refractivity (Wildman–Crippen MR) is 95.6 cm³/mol. The first kappa shape index (κ1) is 17.7. The third-order valence-corrected chi connectivity index (χ3v) is 5.60. The molecule has 1 unspecified atom stereocenters. The zero-order chi connectivity index (χ0) is 18.2. The van der Waals surface area contributed by atoms with E-state index in [-0.39, 0.29) is 17.4 Å². The molecular formula is C19H27N3O3. The molecule has 1 spiro atoms. The number of rotatable bonds is 3. The van der Waals surface area contributed by atoms with Gasteiger partial charge in [-0.2, -0.15) is 0 Å². The quantitative estimate of drug-likeness (QED) is 0.909. The van der Waals surface area contributed by atoms with Gasteiger partial charge in [-0.1, -0.05) is 6.92 Å². The molecule has 2 fully saturated rings. The van der Waals surface area contributed by atoms with E-state index in [1.54, 1.807) is 18.7 Å². The first-order chi connectivity index (χ1) is 11.9. The highest BCUT2D eigenvalue weighted by atomic mass is 16.2. The number of amides is 2. The smallest absolute Gasteiger partial charge is 0.255 e. The molecule has 1 aromatic rings. The van der Waals surface area contributed by atoms with Crippen LogP contribution < -0.4 is 5.56 Å². The van der Waals surface area contributed by atoms with Crippen molar-refractivity contribution in [3.8, 4) is 0 Å². The molecule has 0 bridgehead atoms. The van der Waals surface area contributed by atoms with E-state index in [2.05, 4.69) is 11.9 Å². The van der Waals surface area contributed by atoms with Crippen LogP contribution in [0.2, 0.25) is 0 Å². The van der Waals surface area contributed by atoms with Crippen LogP contribution in [0.1, 0.15) is 54.2 Å². The average molecular weight is 345 g/mol. The number of piperidine rings is 1. The third kappa shape index (κ3) is 3.10. The van der Waals surface area contributed by atoms with E-state index in [1.807, 2.05) is 4.90 Å². The fourth-order valence-corrected chi connectivity index (χ4v) is 4.39. The molecule has 2 aliphatic rings. The number of nitrogens with zero attached hydrogens (tertiary/aromatic N) is 2. The highest BCUT2D eigenvalue weighted by molar-refractivity contribution is 5.97. The van der Waals surface area contributed by atoms with Gasteiger partial charge in [0.25, 0.3) is 5.91 Å². The molecule has 0 saturated carbocycles. The molecule has 2 saturated heterocycles. The summed E-state index contributed by atoms with van der Waals surface area (Å²) < 4.78 is 0. The second-order valence-corrected chi connectivity index (χ2v) is 7.47. The van der Waals surface area contributed by atoms with Gasteiger partial charge in [0.2, 0.25) is 11.5 Å². The monoisotopic (exact) mass is 345 g/mol. The number of aromatic nitrogens is 1. The van der Waals surface area contributed by atoms with Crippen molar-refractivity contribution in [1.29, 1.82) is 0 Å². The molecule has 3 heterocycles. The van der Waals surface area contributed by atoms with Gasteiger partial charge in [-0.05, 0) is 45.1 Å². The summed E-state index contributed by atoms with van der Waals surface area (Å²) in [6.45, 7) is 8.34. The summed E-state index contributed by atoms with van der Waals surface area (Å²) in [6.07, 6.45) is 3.56. The summed E-state index contributed by atoms with van der Waals surface area (Å²) in [5.74, 6) is 0.134. The molecule has 0 radical (unpaired) electrons. The maximum atomic E-state index is 13.0. The van der Waals surface area contributed by atoms with Crippen LogP contribution in [0.25, 0.3) is 0 Å². The summed E-state index contributed by atoms with van der Waals surface area (Å²) in [5.41, 5.74) is 1.24. The largest absolute Gasteiger partial charge is 0.342 e. The number of hydrogen-bond donors (Lipinski definition) is 1. The Morgan fingerprint density at radius 2 is 2.00 bits per heavy atom. The van der Waals surface area contributed by atoms with E-state index < -0.39 is 5.41 Å². The van der Waals surface area contributed by atoms with Crippen molar-refractivity contribution in [2.75, 3.05) is 26.2 Å². The fourth-order valence-electron chi connectivity index (χ4n) is 4.39. The Labute approximate surface area is 148 Å². The molecule has 6 heteroatoms. The first-order valence-electron chi connectivity index (χ1n) is 9.17. The molecule has 25 heavy (non-hydrogen) atoms. The summed E-state index contributed by atoms with van der Waals surface area (Å²) in [4.78, 5) is 44.0. The molecule has 3 rings (SSSR count). The molecular weight excluding hydrogens is 318 g/mol. The van der Waals surface area contributed by atoms with Crippen LogP contribution in [0, 0.1) is 19.3 Å². The van der Waals surface area contributed by atoms with Gasteiger partial charge >= 0.3 is 0 Å². The van der Waals surface area contributed by atoms with Gasteiger partial charge in [0.15, 0.2) is 0 Å². The summed E-state index contributed by atoms with van der Waals surface area (Å²) in [6, 6.07) is 1.46. The maximum absolute atomic E-state index is 13.0. The minimum atomic E-state index is -0.410. The number of pyridine rings is 1. The van der Waals surface area contributed by atoms with Crippen molar-refractivity contribution in [3.05, 3.63) is 33.2 Å². The van der Waals surface area contributed by atoms with Crippen molar-refractivity contribution in [3.63, 3.8) is 0 Å². The summed E-state index contributed by atoms with van der Waals surface area (Å²) in [7, 11) is 0. The molecule has 6 nitrogen and oxygen atoms in total.